The number of benzene rings is 1. The minimum Gasteiger partial charge on any atom is -0.352 e. The van der Waals surface area contributed by atoms with Crippen LogP contribution in [0, 0.1) is 6.92 Å². The average Bonchev–Trinajstić information content (AvgIpc) is 3.26. The van der Waals surface area contributed by atoms with E-state index in [1.54, 1.807) is 31.2 Å². The van der Waals surface area contributed by atoms with Crippen molar-refractivity contribution in [3.8, 4) is 0 Å². The Morgan fingerprint density at radius 1 is 1.22 bits per heavy atom. The number of carbonyl (C=O) groups is 2. The molecule has 1 saturated carbocycles. The molecule has 0 spiro atoms. The number of carbonyl (C=O) groups excluding carboxylic acids is 2. The van der Waals surface area contributed by atoms with E-state index in [1.807, 2.05) is 0 Å². The van der Waals surface area contributed by atoms with Gasteiger partial charge in [-0.1, -0.05) is 18.2 Å². The highest BCUT2D eigenvalue weighted by Gasteiger charge is 2.24. The largest absolute Gasteiger partial charge is 0.352 e. The molecular formula is C15H21N3O4S. The van der Waals surface area contributed by atoms with Crippen molar-refractivity contribution < 1.29 is 18.0 Å². The summed E-state index contributed by atoms with van der Waals surface area (Å²) < 4.78 is 25.0. The van der Waals surface area contributed by atoms with Gasteiger partial charge in [0.25, 0.3) is 0 Å². The van der Waals surface area contributed by atoms with Crippen molar-refractivity contribution >= 4 is 27.5 Å². The average molecular weight is 339 g/mol. The fourth-order valence-electron chi connectivity index (χ4n) is 2.10. The van der Waals surface area contributed by atoms with Gasteiger partial charge in [0.15, 0.2) is 0 Å². The van der Waals surface area contributed by atoms with Crippen molar-refractivity contribution in [3.63, 3.8) is 0 Å². The summed E-state index contributed by atoms with van der Waals surface area (Å²) in [6, 6.07) is 7.14. The van der Waals surface area contributed by atoms with E-state index in [0.717, 1.165) is 29.0 Å². The van der Waals surface area contributed by atoms with E-state index in [2.05, 4.69) is 10.6 Å². The molecule has 7 nitrogen and oxygen atoms in total. The summed E-state index contributed by atoms with van der Waals surface area (Å²) in [5.74, 6) is -0.785. The molecule has 126 valence electrons. The molecule has 8 heteroatoms. The van der Waals surface area contributed by atoms with Gasteiger partial charge in [-0.3, -0.25) is 13.9 Å². The Bertz CT molecular complexity index is 698. The van der Waals surface area contributed by atoms with Crippen LogP contribution in [0.2, 0.25) is 0 Å². The van der Waals surface area contributed by atoms with Crippen molar-refractivity contribution in [1.82, 2.24) is 10.6 Å². The van der Waals surface area contributed by atoms with E-state index in [1.165, 1.54) is 0 Å². The van der Waals surface area contributed by atoms with Gasteiger partial charge in [0.1, 0.15) is 6.54 Å². The Morgan fingerprint density at radius 3 is 2.43 bits per heavy atom. The number of amides is 2. The number of rotatable bonds is 7. The third-order valence-electron chi connectivity index (χ3n) is 3.46. The van der Waals surface area contributed by atoms with Crippen LogP contribution in [-0.4, -0.2) is 45.6 Å². The van der Waals surface area contributed by atoms with Gasteiger partial charge < -0.3 is 10.6 Å². The van der Waals surface area contributed by atoms with E-state index < -0.39 is 15.9 Å². The van der Waals surface area contributed by atoms with Crippen LogP contribution in [0.1, 0.15) is 18.4 Å². The Labute approximate surface area is 136 Å². The van der Waals surface area contributed by atoms with Gasteiger partial charge in [0, 0.05) is 6.04 Å². The van der Waals surface area contributed by atoms with Gasteiger partial charge in [-0.2, -0.15) is 0 Å². The van der Waals surface area contributed by atoms with Gasteiger partial charge in [0.05, 0.1) is 18.5 Å². The lowest BCUT2D eigenvalue weighted by atomic mass is 10.2. The summed E-state index contributed by atoms with van der Waals surface area (Å²) in [4.78, 5) is 23.5. The highest BCUT2D eigenvalue weighted by atomic mass is 32.2. The van der Waals surface area contributed by atoms with E-state index in [0.29, 0.717) is 5.69 Å². The van der Waals surface area contributed by atoms with Crippen molar-refractivity contribution in [2.24, 2.45) is 0 Å². The minimum atomic E-state index is -3.61. The second-order valence-corrected chi connectivity index (χ2v) is 7.58. The molecule has 1 aromatic rings. The summed E-state index contributed by atoms with van der Waals surface area (Å²) in [5.41, 5.74) is 1.20. The summed E-state index contributed by atoms with van der Waals surface area (Å²) in [6.07, 6.45) is 2.98. The first-order valence-corrected chi connectivity index (χ1v) is 9.21. The van der Waals surface area contributed by atoms with Crippen molar-refractivity contribution in [3.05, 3.63) is 29.8 Å². The first-order chi connectivity index (χ1) is 10.8. The zero-order chi connectivity index (χ0) is 17.0. The molecule has 0 aromatic heterocycles. The number of aryl methyl sites for hydroxylation is 1. The van der Waals surface area contributed by atoms with Crippen LogP contribution < -0.4 is 14.9 Å². The molecule has 0 aliphatic heterocycles. The van der Waals surface area contributed by atoms with Crippen LogP contribution in [0.5, 0.6) is 0 Å². The molecule has 0 unspecified atom stereocenters. The first kappa shape index (κ1) is 17.3. The van der Waals surface area contributed by atoms with E-state index in [9.17, 15) is 18.0 Å². The van der Waals surface area contributed by atoms with Gasteiger partial charge in [-0.25, -0.2) is 8.42 Å². The third kappa shape index (κ3) is 5.24. The number of hydrogen-bond donors (Lipinski definition) is 2. The molecule has 1 aromatic carbocycles. The molecule has 2 rings (SSSR count). The second kappa shape index (κ2) is 6.99. The van der Waals surface area contributed by atoms with E-state index in [-0.39, 0.29) is 25.0 Å². The van der Waals surface area contributed by atoms with Gasteiger partial charge in [0.2, 0.25) is 21.8 Å². The summed E-state index contributed by atoms with van der Waals surface area (Å²) in [5, 5.41) is 5.20. The van der Waals surface area contributed by atoms with E-state index in [4.69, 9.17) is 0 Å². The summed E-state index contributed by atoms with van der Waals surface area (Å²) in [6.45, 7) is 1.26. The number of nitrogens with zero attached hydrogens (tertiary/aromatic N) is 1. The molecule has 0 heterocycles. The van der Waals surface area contributed by atoms with Crippen molar-refractivity contribution in [1.29, 1.82) is 0 Å². The number of nitrogens with one attached hydrogen (secondary N) is 2. The van der Waals surface area contributed by atoms with Crippen LogP contribution in [0.15, 0.2) is 24.3 Å². The van der Waals surface area contributed by atoms with E-state index >= 15 is 0 Å². The minimum absolute atomic E-state index is 0.152. The number of hydrogen-bond acceptors (Lipinski definition) is 4. The smallest absolute Gasteiger partial charge is 0.241 e. The highest BCUT2D eigenvalue weighted by molar-refractivity contribution is 7.92. The lowest BCUT2D eigenvalue weighted by Crippen LogP contribution is -2.44. The molecule has 2 amide bonds. The first-order valence-electron chi connectivity index (χ1n) is 7.37. The number of anilines is 1. The molecule has 0 bridgehead atoms. The Hall–Kier alpha value is -2.09. The monoisotopic (exact) mass is 339 g/mol. The van der Waals surface area contributed by atoms with Crippen LogP contribution in [0.3, 0.4) is 0 Å². The SMILES string of the molecule is Cc1ccccc1N(CC(=O)NCC(=O)NC1CC1)S(C)(=O)=O. The van der Waals surface area contributed by atoms with Gasteiger partial charge in [-0.15, -0.1) is 0 Å². The lowest BCUT2D eigenvalue weighted by Gasteiger charge is -2.23. The molecule has 0 radical (unpaired) electrons. The molecule has 1 fully saturated rings. The Balaban J connectivity index is 1.99. The maximum Gasteiger partial charge on any atom is 0.241 e. The van der Waals surface area contributed by atoms with Crippen LogP contribution in [0.4, 0.5) is 5.69 Å². The Morgan fingerprint density at radius 2 is 1.87 bits per heavy atom. The summed E-state index contributed by atoms with van der Waals surface area (Å²) >= 11 is 0. The standard InChI is InChI=1S/C15H21N3O4S/c1-11-5-3-4-6-13(11)18(23(2,21)22)10-15(20)16-9-14(19)17-12-7-8-12/h3-6,12H,7-10H2,1-2H3,(H,16,20)(H,17,19). The second-order valence-electron chi connectivity index (χ2n) is 5.67. The maximum absolute atomic E-state index is 12.0. The summed E-state index contributed by atoms with van der Waals surface area (Å²) in [7, 11) is -3.61. The fraction of sp³-hybridized carbons (Fsp3) is 0.467. The fourth-order valence-corrected chi connectivity index (χ4v) is 3.01. The van der Waals surface area contributed by atoms with Gasteiger partial charge in [-0.05, 0) is 31.4 Å². The molecule has 1 aliphatic rings. The zero-order valence-electron chi connectivity index (χ0n) is 13.2. The molecule has 1 aliphatic carbocycles. The quantitative estimate of drug-likeness (QED) is 0.739. The molecule has 0 atom stereocenters. The molecule has 23 heavy (non-hydrogen) atoms. The van der Waals surface area contributed by atoms with Gasteiger partial charge >= 0.3 is 0 Å². The maximum atomic E-state index is 12.0. The predicted molar refractivity (Wildman–Crippen MR) is 87.5 cm³/mol. The molecule has 2 N–H and O–H groups in total. The van der Waals surface area contributed by atoms with Crippen molar-refractivity contribution in [2.45, 2.75) is 25.8 Å². The third-order valence-corrected chi connectivity index (χ3v) is 4.59. The van der Waals surface area contributed by atoms with Crippen LogP contribution in [-0.2, 0) is 19.6 Å². The molecule has 0 saturated heterocycles. The highest BCUT2D eigenvalue weighted by Crippen LogP contribution is 2.21. The topological polar surface area (TPSA) is 95.6 Å². The zero-order valence-corrected chi connectivity index (χ0v) is 14.0. The van der Waals surface area contributed by atoms with Crippen LogP contribution >= 0.6 is 0 Å². The number of sulfonamides is 1. The normalized spacial score (nSPS) is 14.2. The van der Waals surface area contributed by atoms with Crippen LogP contribution in [0.25, 0.3) is 0 Å². The lowest BCUT2D eigenvalue weighted by molar-refractivity contribution is -0.125. The number of para-hydroxylation sites is 1. The Kier molecular flexibility index (Phi) is 5.25. The molecular weight excluding hydrogens is 318 g/mol. The predicted octanol–water partition coefficient (Wildman–Crippen LogP) is 0.156. The van der Waals surface area contributed by atoms with Crippen molar-refractivity contribution in [2.75, 3.05) is 23.7 Å².